The maximum absolute atomic E-state index is 8.62. The fourth-order valence-electron chi connectivity index (χ4n) is 1.56. The van der Waals surface area contributed by atoms with E-state index in [0.717, 1.165) is 11.5 Å². The molecule has 1 aromatic rings. The molecule has 0 aromatic heterocycles. The maximum Gasteiger partial charge on any atom is 0.161 e. The minimum atomic E-state index is -0.101. The van der Waals surface area contributed by atoms with Crippen molar-refractivity contribution in [2.45, 2.75) is 13.0 Å². The Hall–Kier alpha value is -1.73. The molecule has 2 unspecified atom stereocenters. The lowest BCUT2D eigenvalue weighted by Crippen LogP contribution is -2.33. The van der Waals surface area contributed by atoms with Gasteiger partial charge in [-0.05, 0) is 19.1 Å². The molecule has 0 spiro atoms. The summed E-state index contributed by atoms with van der Waals surface area (Å²) < 4.78 is 16.7. The zero-order valence-corrected chi connectivity index (χ0v) is 9.76. The molecule has 2 rings (SSSR count). The summed E-state index contributed by atoms with van der Waals surface area (Å²) in [6.07, 6.45) is -0.101. The summed E-state index contributed by atoms with van der Waals surface area (Å²) in [5.74, 6) is 1.43. The van der Waals surface area contributed by atoms with Gasteiger partial charge in [-0.3, -0.25) is 0 Å². The summed E-state index contributed by atoms with van der Waals surface area (Å²) in [6.45, 7) is 3.18. The van der Waals surface area contributed by atoms with Crippen LogP contribution in [0.25, 0.3) is 0 Å². The molecule has 1 heterocycles. The van der Waals surface area contributed by atoms with Gasteiger partial charge in [-0.15, -0.1) is 0 Å². The number of para-hydroxylation sites is 2. The number of hydrogen-bond acceptors (Lipinski definition) is 4. The number of benzene rings is 1. The zero-order chi connectivity index (χ0) is 12.1. The summed E-state index contributed by atoms with van der Waals surface area (Å²) in [5.41, 5.74) is 0. The molecular weight excluding hydrogens is 218 g/mol. The van der Waals surface area contributed by atoms with E-state index >= 15 is 0 Å². The van der Waals surface area contributed by atoms with Crippen LogP contribution in [0.2, 0.25) is 0 Å². The lowest BCUT2D eigenvalue weighted by Gasteiger charge is -2.26. The molecule has 1 aliphatic heterocycles. The molecule has 0 aliphatic carbocycles. The van der Waals surface area contributed by atoms with Gasteiger partial charge in [0.1, 0.15) is 6.61 Å². The summed E-state index contributed by atoms with van der Waals surface area (Å²) >= 11 is 0. The Kier molecular flexibility index (Phi) is 3.84. The summed E-state index contributed by atoms with van der Waals surface area (Å²) in [7, 11) is 0. The highest BCUT2D eigenvalue weighted by Gasteiger charge is 2.20. The lowest BCUT2D eigenvalue weighted by atomic mass is 10.2. The molecule has 17 heavy (non-hydrogen) atoms. The van der Waals surface area contributed by atoms with Crippen molar-refractivity contribution in [3.8, 4) is 17.6 Å². The zero-order valence-electron chi connectivity index (χ0n) is 9.76. The van der Waals surface area contributed by atoms with E-state index in [0.29, 0.717) is 19.8 Å². The molecule has 0 saturated carbocycles. The normalized spacial score (nSPS) is 19.4. The van der Waals surface area contributed by atoms with Crippen LogP contribution in [0.15, 0.2) is 24.3 Å². The third-order valence-electron chi connectivity index (χ3n) is 2.46. The van der Waals surface area contributed by atoms with Crippen molar-refractivity contribution >= 4 is 0 Å². The van der Waals surface area contributed by atoms with Crippen LogP contribution in [-0.2, 0) is 4.74 Å². The second-order valence-corrected chi connectivity index (χ2v) is 4.07. The Morgan fingerprint density at radius 3 is 3.00 bits per heavy atom. The van der Waals surface area contributed by atoms with Crippen molar-refractivity contribution in [1.29, 1.82) is 5.26 Å². The third kappa shape index (κ3) is 3.11. The van der Waals surface area contributed by atoms with Crippen molar-refractivity contribution in [1.82, 2.24) is 0 Å². The quantitative estimate of drug-likeness (QED) is 0.798. The van der Waals surface area contributed by atoms with Crippen LogP contribution in [0.4, 0.5) is 0 Å². The van der Waals surface area contributed by atoms with Crippen LogP contribution < -0.4 is 9.47 Å². The van der Waals surface area contributed by atoms with Crippen LogP contribution in [0.3, 0.4) is 0 Å². The van der Waals surface area contributed by atoms with Crippen LogP contribution in [0, 0.1) is 17.2 Å². The number of rotatable bonds is 4. The number of nitrogens with zero attached hydrogens (tertiary/aromatic N) is 1. The smallest absolute Gasteiger partial charge is 0.161 e. The molecule has 4 nitrogen and oxygen atoms in total. The van der Waals surface area contributed by atoms with Gasteiger partial charge in [-0.2, -0.15) is 5.26 Å². The molecule has 2 atom stereocenters. The van der Waals surface area contributed by atoms with E-state index in [-0.39, 0.29) is 12.0 Å². The summed E-state index contributed by atoms with van der Waals surface area (Å²) in [4.78, 5) is 0. The average Bonchev–Trinajstić information content (AvgIpc) is 2.38. The SMILES string of the molecule is CC(C#N)COCC1COc2ccccc2O1. The Bertz CT molecular complexity index is 413. The van der Waals surface area contributed by atoms with Crippen LogP contribution in [-0.4, -0.2) is 25.9 Å². The first kappa shape index (κ1) is 11.7. The number of ether oxygens (including phenoxy) is 3. The van der Waals surface area contributed by atoms with Crippen LogP contribution >= 0.6 is 0 Å². The fourth-order valence-corrected chi connectivity index (χ4v) is 1.56. The fraction of sp³-hybridized carbons (Fsp3) is 0.462. The number of nitriles is 1. The van der Waals surface area contributed by atoms with Gasteiger partial charge in [0, 0.05) is 0 Å². The largest absolute Gasteiger partial charge is 0.486 e. The molecule has 0 N–H and O–H groups in total. The molecule has 90 valence electrons. The Labute approximate surface area is 101 Å². The van der Waals surface area contributed by atoms with Gasteiger partial charge in [0.15, 0.2) is 17.6 Å². The molecule has 0 bridgehead atoms. The molecule has 0 saturated heterocycles. The Morgan fingerprint density at radius 1 is 1.47 bits per heavy atom. The van der Waals surface area contributed by atoms with Crippen molar-refractivity contribution in [3.05, 3.63) is 24.3 Å². The molecule has 1 aromatic carbocycles. The molecule has 0 amide bonds. The highest BCUT2D eigenvalue weighted by Crippen LogP contribution is 2.30. The Morgan fingerprint density at radius 2 is 2.24 bits per heavy atom. The molecular formula is C13H15NO3. The summed E-state index contributed by atoms with van der Waals surface area (Å²) in [6, 6.07) is 9.69. The van der Waals surface area contributed by atoms with Crippen molar-refractivity contribution in [3.63, 3.8) is 0 Å². The predicted octanol–water partition coefficient (Wildman–Crippen LogP) is 2.00. The van der Waals surface area contributed by atoms with E-state index in [1.54, 1.807) is 0 Å². The van der Waals surface area contributed by atoms with E-state index in [9.17, 15) is 0 Å². The highest BCUT2D eigenvalue weighted by atomic mass is 16.6. The van der Waals surface area contributed by atoms with E-state index < -0.39 is 0 Å². The topological polar surface area (TPSA) is 51.5 Å². The maximum atomic E-state index is 8.62. The third-order valence-corrected chi connectivity index (χ3v) is 2.46. The van der Waals surface area contributed by atoms with Gasteiger partial charge >= 0.3 is 0 Å². The standard InChI is InChI=1S/C13H15NO3/c1-10(6-14)7-15-8-11-9-16-12-4-2-3-5-13(12)17-11/h2-5,10-11H,7-9H2,1H3. The van der Waals surface area contributed by atoms with Gasteiger partial charge < -0.3 is 14.2 Å². The van der Waals surface area contributed by atoms with E-state index in [1.165, 1.54) is 0 Å². The van der Waals surface area contributed by atoms with Crippen LogP contribution in [0.1, 0.15) is 6.92 Å². The molecule has 0 fully saturated rings. The van der Waals surface area contributed by atoms with Crippen molar-refractivity contribution < 1.29 is 14.2 Å². The highest BCUT2D eigenvalue weighted by molar-refractivity contribution is 5.40. The van der Waals surface area contributed by atoms with E-state index in [1.807, 2.05) is 31.2 Å². The van der Waals surface area contributed by atoms with Gasteiger partial charge in [-0.1, -0.05) is 12.1 Å². The first-order chi connectivity index (χ1) is 8.29. The minimum Gasteiger partial charge on any atom is -0.486 e. The van der Waals surface area contributed by atoms with Gasteiger partial charge in [0.2, 0.25) is 0 Å². The Balaban J connectivity index is 1.81. The minimum absolute atomic E-state index is 0.0909. The second kappa shape index (κ2) is 5.55. The molecule has 4 heteroatoms. The van der Waals surface area contributed by atoms with Crippen molar-refractivity contribution in [2.24, 2.45) is 5.92 Å². The van der Waals surface area contributed by atoms with Gasteiger partial charge in [-0.25, -0.2) is 0 Å². The average molecular weight is 233 g/mol. The first-order valence-corrected chi connectivity index (χ1v) is 5.65. The first-order valence-electron chi connectivity index (χ1n) is 5.65. The van der Waals surface area contributed by atoms with Crippen molar-refractivity contribution in [2.75, 3.05) is 19.8 Å². The molecule has 1 aliphatic rings. The number of fused-ring (bicyclic) bond motifs is 1. The second-order valence-electron chi connectivity index (χ2n) is 4.07. The van der Waals surface area contributed by atoms with Gasteiger partial charge in [0.05, 0.1) is 25.2 Å². The number of hydrogen-bond donors (Lipinski definition) is 0. The predicted molar refractivity (Wildman–Crippen MR) is 61.9 cm³/mol. The lowest BCUT2D eigenvalue weighted by molar-refractivity contribution is 0.00401. The molecule has 0 radical (unpaired) electrons. The van der Waals surface area contributed by atoms with Gasteiger partial charge in [0.25, 0.3) is 0 Å². The summed E-state index contributed by atoms with van der Waals surface area (Å²) in [5, 5.41) is 8.62. The monoisotopic (exact) mass is 233 g/mol. The van der Waals surface area contributed by atoms with Crippen LogP contribution in [0.5, 0.6) is 11.5 Å². The van der Waals surface area contributed by atoms with E-state index in [2.05, 4.69) is 6.07 Å². The van der Waals surface area contributed by atoms with E-state index in [4.69, 9.17) is 19.5 Å².